The van der Waals surface area contributed by atoms with Gasteiger partial charge in [-0.05, 0) is 17.5 Å². The topological polar surface area (TPSA) is 72.2 Å². The van der Waals surface area contributed by atoms with Crippen LogP contribution in [-0.4, -0.2) is 20.7 Å². The largest absolute Gasteiger partial charge is 0.311 e. The summed E-state index contributed by atoms with van der Waals surface area (Å²) in [6.07, 6.45) is 0. The Morgan fingerprint density at radius 1 is 1.35 bits per heavy atom. The molecule has 0 bridgehead atoms. The quantitative estimate of drug-likeness (QED) is 0.799. The monoisotopic (exact) mass is 276 g/mol. The predicted octanol–water partition coefficient (Wildman–Crippen LogP) is 1.42. The third-order valence-electron chi connectivity index (χ3n) is 2.26. The van der Waals surface area contributed by atoms with Crippen LogP contribution in [0.25, 0.3) is 0 Å². The van der Waals surface area contributed by atoms with E-state index in [9.17, 15) is 8.42 Å². The highest BCUT2D eigenvalue weighted by Gasteiger charge is 2.15. The van der Waals surface area contributed by atoms with Crippen LogP contribution < -0.4 is 10.5 Å². The van der Waals surface area contributed by atoms with Gasteiger partial charge in [0.1, 0.15) is 0 Å². The van der Waals surface area contributed by atoms with Gasteiger partial charge in [-0.2, -0.15) is 0 Å². The van der Waals surface area contributed by atoms with Gasteiger partial charge in [0.25, 0.3) is 0 Å². The number of hydrogen-bond donors (Lipinski definition) is 2. The fraction of sp³-hybridized carbons (Fsp3) is 0.636. The van der Waals surface area contributed by atoms with Crippen molar-refractivity contribution in [2.75, 3.05) is 12.3 Å². The van der Waals surface area contributed by atoms with Crippen LogP contribution in [0.1, 0.15) is 30.5 Å². The lowest BCUT2D eigenvalue weighted by molar-refractivity contribution is 0.592. The Morgan fingerprint density at radius 3 is 2.47 bits per heavy atom. The highest BCUT2D eigenvalue weighted by atomic mass is 32.2. The van der Waals surface area contributed by atoms with Crippen LogP contribution in [0.4, 0.5) is 0 Å². The van der Waals surface area contributed by atoms with Crippen LogP contribution in [0.2, 0.25) is 0 Å². The molecule has 1 aromatic rings. The summed E-state index contributed by atoms with van der Waals surface area (Å²) in [5.74, 6) is -0.0233. The van der Waals surface area contributed by atoms with Crippen molar-refractivity contribution in [3.63, 3.8) is 0 Å². The van der Waals surface area contributed by atoms with Gasteiger partial charge in [-0.3, -0.25) is 0 Å². The smallest absolute Gasteiger partial charge is 0.210 e. The minimum Gasteiger partial charge on any atom is -0.311 e. The van der Waals surface area contributed by atoms with Gasteiger partial charge in [0.2, 0.25) is 10.0 Å². The molecule has 1 heterocycles. The highest BCUT2D eigenvalue weighted by Crippen LogP contribution is 2.29. The summed E-state index contributed by atoms with van der Waals surface area (Å²) in [5.41, 5.74) is 0.170. The average Bonchev–Trinajstić information content (AvgIpc) is 2.58. The summed E-state index contributed by atoms with van der Waals surface area (Å²) in [4.78, 5) is 2.55. The summed E-state index contributed by atoms with van der Waals surface area (Å²) in [6.45, 7) is 7.61. The number of sulfonamides is 1. The standard InChI is InChI=1S/C11H20N2O2S2/c1-11(2,3)10-5-4-9(16-10)8-13-6-7-17(12,14)15/h4-5,13H,6-8H2,1-3H3,(H2,12,14,15). The first-order chi connectivity index (χ1) is 7.68. The maximum atomic E-state index is 10.7. The second kappa shape index (κ2) is 5.48. The van der Waals surface area contributed by atoms with Gasteiger partial charge in [-0.1, -0.05) is 20.8 Å². The van der Waals surface area contributed by atoms with E-state index in [4.69, 9.17) is 5.14 Å². The molecule has 3 N–H and O–H groups in total. The van der Waals surface area contributed by atoms with Crippen molar-refractivity contribution in [2.45, 2.75) is 32.7 Å². The molecule has 0 saturated heterocycles. The summed E-state index contributed by atoms with van der Waals surface area (Å²) in [6, 6.07) is 4.20. The van der Waals surface area contributed by atoms with Gasteiger partial charge in [-0.15, -0.1) is 11.3 Å². The lowest BCUT2D eigenvalue weighted by Gasteiger charge is -2.15. The van der Waals surface area contributed by atoms with Crippen molar-refractivity contribution in [1.82, 2.24) is 5.32 Å². The van der Waals surface area contributed by atoms with E-state index in [1.807, 2.05) is 0 Å². The molecular weight excluding hydrogens is 256 g/mol. The van der Waals surface area contributed by atoms with Crippen LogP contribution in [0.5, 0.6) is 0 Å². The Bertz CT molecular complexity index is 458. The molecular formula is C11H20N2O2S2. The molecule has 0 aromatic carbocycles. The van der Waals surface area contributed by atoms with Crippen molar-refractivity contribution in [3.8, 4) is 0 Å². The van der Waals surface area contributed by atoms with Crippen molar-refractivity contribution in [2.24, 2.45) is 5.14 Å². The Labute approximate surface area is 107 Å². The van der Waals surface area contributed by atoms with E-state index in [1.54, 1.807) is 11.3 Å². The number of nitrogens with one attached hydrogen (secondary N) is 1. The number of nitrogens with two attached hydrogens (primary N) is 1. The Hall–Kier alpha value is -0.430. The fourth-order valence-corrected chi connectivity index (χ4v) is 2.77. The van der Waals surface area contributed by atoms with E-state index in [-0.39, 0.29) is 11.2 Å². The summed E-state index contributed by atoms with van der Waals surface area (Å²) < 4.78 is 21.4. The minimum absolute atomic E-state index is 0.0233. The molecule has 0 atom stereocenters. The van der Waals surface area contributed by atoms with Gasteiger partial charge < -0.3 is 5.32 Å². The maximum absolute atomic E-state index is 10.7. The van der Waals surface area contributed by atoms with E-state index < -0.39 is 10.0 Å². The summed E-state index contributed by atoms with van der Waals surface area (Å²) in [7, 11) is -3.36. The van der Waals surface area contributed by atoms with Crippen LogP contribution in [0.3, 0.4) is 0 Å². The number of rotatable bonds is 5. The van der Waals surface area contributed by atoms with Crippen molar-refractivity contribution < 1.29 is 8.42 Å². The highest BCUT2D eigenvalue weighted by molar-refractivity contribution is 7.89. The first-order valence-corrected chi connectivity index (χ1v) is 8.02. The van der Waals surface area contributed by atoms with E-state index in [1.165, 1.54) is 9.75 Å². The van der Waals surface area contributed by atoms with Crippen molar-refractivity contribution >= 4 is 21.4 Å². The second-order valence-corrected chi connectivity index (χ2v) is 7.96. The Kier molecular flexibility index (Phi) is 4.71. The molecule has 0 aliphatic carbocycles. The van der Waals surface area contributed by atoms with E-state index in [0.29, 0.717) is 13.1 Å². The molecule has 0 amide bonds. The molecule has 0 saturated carbocycles. The van der Waals surface area contributed by atoms with Crippen LogP contribution in [-0.2, 0) is 22.0 Å². The number of hydrogen-bond acceptors (Lipinski definition) is 4. The SMILES string of the molecule is CC(C)(C)c1ccc(CNCCS(N)(=O)=O)s1. The molecule has 1 rings (SSSR count). The normalized spacial score (nSPS) is 12.9. The number of thiophene rings is 1. The zero-order valence-electron chi connectivity index (χ0n) is 10.5. The minimum atomic E-state index is -3.36. The lowest BCUT2D eigenvalue weighted by Crippen LogP contribution is -2.26. The summed E-state index contributed by atoms with van der Waals surface area (Å²) in [5, 5.41) is 7.99. The first-order valence-electron chi connectivity index (χ1n) is 5.49. The first kappa shape index (κ1) is 14.6. The molecule has 98 valence electrons. The molecule has 0 radical (unpaired) electrons. The Morgan fingerprint density at radius 2 is 2.00 bits per heavy atom. The molecule has 0 spiro atoms. The van der Waals surface area contributed by atoms with Gasteiger partial charge in [-0.25, -0.2) is 13.6 Å². The molecule has 4 nitrogen and oxygen atoms in total. The third kappa shape index (κ3) is 5.63. The van der Waals surface area contributed by atoms with Crippen LogP contribution in [0, 0.1) is 0 Å². The second-order valence-electron chi connectivity index (χ2n) is 5.06. The molecule has 0 aliphatic rings. The molecule has 6 heteroatoms. The third-order valence-corrected chi connectivity index (χ3v) is 4.55. The molecule has 0 fully saturated rings. The summed E-state index contributed by atoms with van der Waals surface area (Å²) >= 11 is 1.75. The molecule has 0 unspecified atom stereocenters. The van der Waals surface area contributed by atoms with E-state index in [0.717, 1.165) is 0 Å². The van der Waals surface area contributed by atoms with E-state index in [2.05, 4.69) is 38.2 Å². The van der Waals surface area contributed by atoms with Crippen molar-refractivity contribution in [1.29, 1.82) is 0 Å². The maximum Gasteiger partial charge on any atom is 0.210 e. The Balaban J connectivity index is 2.41. The van der Waals surface area contributed by atoms with E-state index >= 15 is 0 Å². The zero-order chi connectivity index (χ0) is 13.1. The van der Waals surface area contributed by atoms with Crippen LogP contribution in [0.15, 0.2) is 12.1 Å². The molecule has 0 aliphatic heterocycles. The predicted molar refractivity (Wildman–Crippen MR) is 72.7 cm³/mol. The van der Waals surface area contributed by atoms with Gasteiger partial charge in [0.15, 0.2) is 0 Å². The van der Waals surface area contributed by atoms with Gasteiger partial charge in [0, 0.05) is 22.8 Å². The lowest BCUT2D eigenvalue weighted by atomic mass is 9.95. The van der Waals surface area contributed by atoms with Crippen LogP contribution >= 0.6 is 11.3 Å². The molecule has 17 heavy (non-hydrogen) atoms. The van der Waals surface area contributed by atoms with Gasteiger partial charge in [0.05, 0.1) is 5.75 Å². The average molecular weight is 276 g/mol. The zero-order valence-corrected chi connectivity index (χ0v) is 12.1. The molecule has 1 aromatic heterocycles. The number of primary sulfonamides is 1. The van der Waals surface area contributed by atoms with Gasteiger partial charge >= 0.3 is 0 Å². The van der Waals surface area contributed by atoms with Crippen molar-refractivity contribution in [3.05, 3.63) is 21.9 Å². The fourth-order valence-electron chi connectivity index (χ4n) is 1.30.